The van der Waals surface area contributed by atoms with E-state index in [4.69, 9.17) is 9.98 Å². The van der Waals surface area contributed by atoms with Crippen LogP contribution in [0.2, 0.25) is 0 Å². The molecule has 5 rings (SSSR count). The Hall–Kier alpha value is -3.79. The molecule has 1 N–H and O–H groups in total. The van der Waals surface area contributed by atoms with Gasteiger partial charge < -0.3 is 4.98 Å². The monoisotopic (exact) mass is 362 g/mol. The highest BCUT2D eigenvalue weighted by Crippen LogP contribution is 2.27. The lowest BCUT2D eigenvalue weighted by atomic mass is 10.1. The predicted octanol–water partition coefficient (Wildman–Crippen LogP) is 5.84. The molecule has 0 spiro atoms. The number of hydrogen-bond acceptors (Lipinski definition) is 3. The molecule has 0 bridgehead atoms. The molecule has 0 aliphatic heterocycles. The van der Waals surface area contributed by atoms with Crippen LogP contribution in [0.25, 0.3) is 33.5 Å². The fraction of sp³-hybridized carbons (Fsp3) is 0.0417. The van der Waals surface area contributed by atoms with Crippen molar-refractivity contribution in [1.29, 1.82) is 0 Å². The summed E-state index contributed by atoms with van der Waals surface area (Å²) in [6.45, 7) is 2.09. The summed E-state index contributed by atoms with van der Waals surface area (Å²) in [4.78, 5) is 17.6. The minimum absolute atomic E-state index is 0.765. The Kier molecular flexibility index (Phi) is 3.95. The molecule has 0 aliphatic carbocycles. The van der Waals surface area contributed by atoms with Crippen LogP contribution in [0, 0.1) is 6.92 Å². The summed E-state index contributed by atoms with van der Waals surface area (Å²) in [7, 11) is 0. The van der Waals surface area contributed by atoms with E-state index >= 15 is 0 Å². The normalized spacial score (nSPS) is 11.6. The molecule has 5 aromatic rings. The number of fused-ring (bicyclic) bond motifs is 2. The molecule has 0 amide bonds. The van der Waals surface area contributed by atoms with Crippen molar-refractivity contribution in [3.63, 3.8) is 0 Å². The van der Waals surface area contributed by atoms with Gasteiger partial charge in [0.2, 0.25) is 0 Å². The van der Waals surface area contributed by atoms with Gasteiger partial charge in [-0.05, 0) is 42.3 Å². The van der Waals surface area contributed by atoms with E-state index in [-0.39, 0.29) is 0 Å². The van der Waals surface area contributed by atoms with Crippen LogP contribution >= 0.6 is 0 Å². The van der Waals surface area contributed by atoms with E-state index in [2.05, 4.69) is 41.2 Å². The van der Waals surface area contributed by atoms with E-state index in [0.29, 0.717) is 0 Å². The Morgan fingerprint density at radius 1 is 0.821 bits per heavy atom. The first kappa shape index (κ1) is 16.4. The van der Waals surface area contributed by atoms with E-state index in [0.717, 1.165) is 44.7 Å². The number of hydrogen-bond donors (Lipinski definition) is 1. The zero-order chi connectivity index (χ0) is 18.9. The third kappa shape index (κ3) is 2.95. The van der Waals surface area contributed by atoms with Gasteiger partial charge in [0.05, 0.1) is 22.2 Å². The summed E-state index contributed by atoms with van der Waals surface area (Å²) < 4.78 is 0. The van der Waals surface area contributed by atoms with Crippen molar-refractivity contribution in [1.82, 2.24) is 15.0 Å². The van der Waals surface area contributed by atoms with Crippen LogP contribution < -0.4 is 0 Å². The van der Waals surface area contributed by atoms with Gasteiger partial charge in [0.15, 0.2) is 5.82 Å². The van der Waals surface area contributed by atoms with E-state index < -0.39 is 0 Å². The standard InChI is InChI=1S/C24H18N4/c1-16-7-2-3-8-18(16)15-25-21-12-6-9-17-13-14-22(26-23(17)21)24-27-19-10-4-5-11-20(19)28-24/h2-15H,1H3,(H,27,28). The fourth-order valence-corrected chi connectivity index (χ4v) is 3.31. The van der Waals surface area contributed by atoms with Crippen LogP contribution in [0.5, 0.6) is 0 Å². The zero-order valence-corrected chi connectivity index (χ0v) is 15.4. The lowest BCUT2D eigenvalue weighted by molar-refractivity contribution is 1.27. The quantitative estimate of drug-likeness (QED) is 0.410. The molecule has 2 heterocycles. The number of nitrogens with one attached hydrogen (secondary N) is 1. The van der Waals surface area contributed by atoms with Crippen LogP contribution in [0.3, 0.4) is 0 Å². The molecule has 0 saturated heterocycles. The third-order valence-corrected chi connectivity index (χ3v) is 4.86. The molecule has 0 atom stereocenters. The number of aromatic amines is 1. The van der Waals surface area contributed by atoms with Crippen LogP contribution in [0.4, 0.5) is 5.69 Å². The number of para-hydroxylation sites is 3. The lowest BCUT2D eigenvalue weighted by Crippen LogP contribution is -1.89. The molecule has 0 saturated carbocycles. The first-order valence-electron chi connectivity index (χ1n) is 9.22. The molecular weight excluding hydrogens is 344 g/mol. The Labute approximate surface area is 162 Å². The van der Waals surface area contributed by atoms with Crippen molar-refractivity contribution in [2.75, 3.05) is 0 Å². The van der Waals surface area contributed by atoms with Crippen molar-refractivity contribution in [3.05, 3.63) is 90.0 Å². The fourth-order valence-electron chi connectivity index (χ4n) is 3.31. The summed E-state index contributed by atoms with van der Waals surface area (Å²) in [6.07, 6.45) is 1.90. The van der Waals surface area contributed by atoms with Crippen LogP contribution in [0.15, 0.2) is 83.9 Å². The molecule has 28 heavy (non-hydrogen) atoms. The highest BCUT2D eigenvalue weighted by Gasteiger charge is 2.09. The molecule has 4 heteroatoms. The molecule has 0 aliphatic rings. The highest BCUT2D eigenvalue weighted by molar-refractivity contribution is 5.94. The van der Waals surface area contributed by atoms with Crippen LogP contribution in [0.1, 0.15) is 11.1 Å². The van der Waals surface area contributed by atoms with Crippen molar-refractivity contribution in [3.8, 4) is 11.5 Å². The molecule has 3 aromatic carbocycles. The Bertz CT molecular complexity index is 1300. The lowest BCUT2D eigenvalue weighted by Gasteiger charge is -2.04. The van der Waals surface area contributed by atoms with Gasteiger partial charge in [0.25, 0.3) is 0 Å². The number of aryl methyl sites for hydroxylation is 1. The van der Waals surface area contributed by atoms with Crippen molar-refractivity contribution in [2.24, 2.45) is 4.99 Å². The van der Waals surface area contributed by atoms with E-state index in [9.17, 15) is 0 Å². The van der Waals surface area contributed by atoms with Crippen molar-refractivity contribution < 1.29 is 0 Å². The van der Waals surface area contributed by atoms with Crippen molar-refractivity contribution >= 4 is 33.8 Å². The number of imidazole rings is 1. The average Bonchev–Trinajstić information content (AvgIpc) is 3.17. The number of pyridine rings is 1. The Morgan fingerprint density at radius 3 is 2.57 bits per heavy atom. The summed E-state index contributed by atoms with van der Waals surface area (Å²) in [5, 5.41) is 1.05. The highest BCUT2D eigenvalue weighted by atomic mass is 15.0. The summed E-state index contributed by atoms with van der Waals surface area (Å²) in [5.41, 5.74) is 6.76. The van der Waals surface area contributed by atoms with E-state index in [1.54, 1.807) is 0 Å². The molecule has 2 aromatic heterocycles. The molecule has 0 unspecified atom stereocenters. The summed E-state index contributed by atoms with van der Waals surface area (Å²) in [6, 6.07) is 26.3. The minimum atomic E-state index is 0.765. The Morgan fingerprint density at radius 2 is 1.68 bits per heavy atom. The number of rotatable bonds is 3. The summed E-state index contributed by atoms with van der Waals surface area (Å²) in [5.74, 6) is 0.765. The van der Waals surface area contributed by atoms with Crippen LogP contribution in [-0.4, -0.2) is 21.2 Å². The third-order valence-electron chi connectivity index (χ3n) is 4.86. The second kappa shape index (κ2) is 6.74. The second-order valence-corrected chi connectivity index (χ2v) is 6.76. The van der Waals surface area contributed by atoms with Gasteiger partial charge in [-0.15, -0.1) is 0 Å². The van der Waals surface area contributed by atoms with Gasteiger partial charge in [-0.25, -0.2) is 9.97 Å². The molecule has 0 radical (unpaired) electrons. The smallest absolute Gasteiger partial charge is 0.157 e. The summed E-state index contributed by atoms with van der Waals surface area (Å²) >= 11 is 0. The van der Waals surface area contributed by atoms with Gasteiger partial charge in [-0.1, -0.05) is 54.6 Å². The SMILES string of the molecule is Cc1ccccc1C=Nc1cccc2ccc(-c3nc4ccccc4[nH]3)nc12. The Balaban J connectivity index is 1.61. The van der Waals surface area contributed by atoms with Gasteiger partial charge in [0.1, 0.15) is 5.69 Å². The van der Waals surface area contributed by atoms with Gasteiger partial charge >= 0.3 is 0 Å². The first-order valence-corrected chi connectivity index (χ1v) is 9.22. The maximum absolute atomic E-state index is 4.87. The topological polar surface area (TPSA) is 53.9 Å². The average molecular weight is 362 g/mol. The number of nitrogens with zero attached hydrogens (tertiary/aromatic N) is 3. The zero-order valence-electron chi connectivity index (χ0n) is 15.4. The largest absolute Gasteiger partial charge is 0.337 e. The number of H-pyrrole nitrogens is 1. The van der Waals surface area contributed by atoms with E-state index in [1.165, 1.54) is 5.56 Å². The van der Waals surface area contributed by atoms with Crippen LogP contribution in [-0.2, 0) is 0 Å². The maximum atomic E-state index is 4.87. The molecule has 0 fully saturated rings. The number of aliphatic imine (C=N–C) groups is 1. The predicted molar refractivity (Wildman–Crippen MR) is 115 cm³/mol. The van der Waals surface area contributed by atoms with Gasteiger partial charge in [0, 0.05) is 11.6 Å². The maximum Gasteiger partial charge on any atom is 0.157 e. The van der Waals surface area contributed by atoms with Crippen molar-refractivity contribution in [2.45, 2.75) is 6.92 Å². The molecular formula is C24H18N4. The minimum Gasteiger partial charge on any atom is -0.337 e. The molecule has 134 valence electrons. The second-order valence-electron chi connectivity index (χ2n) is 6.76. The van der Waals surface area contributed by atoms with E-state index in [1.807, 2.05) is 60.8 Å². The first-order chi connectivity index (χ1) is 13.8. The van der Waals surface area contributed by atoms with Gasteiger partial charge in [-0.2, -0.15) is 0 Å². The number of benzene rings is 3. The molecule has 4 nitrogen and oxygen atoms in total. The van der Waals surface area contributed by atoms with Gasteiger partial charge in [-0.3, -0.25) is 4.99 Å². The number of aromatic nitrogens is 3.